The Labute approximate surface area is 133 Å². The summed E-state index contributed by atoms with van der Waals surface area (Å²) >= 11 is 0. The predicted octanol–water partition coefficient (Wildman–Crippen LogP) is 5.79. The standard InChI is InChI=1S/C20H39N/c1-18(2,3)16-11-13-20(14-12-16,15-21-19(4,5)6)17-9-7-8-10-17/h16-17,21H,7-15H2,1-6H3. The molecule has 0 aliphatic heterocycles. The molecule has 2 rings (SSSR count). The lowest BCUT2D eigenvalue weighted by Crippen LogP contribution is -2.49. The van der Waals surface area contributed by atoms with Crippen molar-refractivity contribution in [3.8, 4) is 0 Å². The number of hydrogen-bond donors (Lipinski definition) is 1. The lowest BCUT2D eigenvalue weighted by atomic mass is 9.59. The molecular weight excluding hydrogens is 254 g/mol. The molecule has 0 bridgehead atoms. The highest BCUT2D eigenvalue weighted by atomic mass is 15.0. The van der Waals surface area contributed by atoms with Crippen LogP contribution in [0, 0.1) is 22.7 Å². The maximum atomic E-state index is 3.86. The van der Waals surface area contributed by atoms with Crippen molar-refractivity contribution in [2.75, 3.05) is 6.54 Å². The molecule has 0 aromatic carbocycles. The van der Waals surface area contributed by atoms with Crippen LogP contribution in [0.2, 0.25) is 0 Å². The molecule has 1 N–H and O–H groups in total. The second kappa shape index (κ2) is 6.22. The van der Waals surface area contributed by atoms with E-state index in [0.717, 1.165) is 11.8 Å². The van der Waals surface area contributed by atoms with Crippen LogP contribution in [0.15, 0.2) is 0 Å². The molecule has 2 aliphatic carbocycles. The summed E-state index contributed by atoms with van der Waals surface area (Å²) in [6, 6.07) is 0. The first-order valence-electron chi connectivity index (χ1n) is 9.37. The van der Waals surface area contributed by atoms with E-state index < -0.39 is 0 Å². The van der Waals surface area contributed by atoms with Crippen LogP contribution in [0.25, 0.3) is 0 Å². The monoisotopic (exact) mass is 293 g/mol. The molecule has 0 heterocycles. The van der Waals surface area contributed by atoms with Crippen molar-refractivity contribution in [2.45, 2.75) is 98.4 Å². The predicted molar refractivity (Wildman–Crippen MR) is 93.6 cm³/mol. The molecule has 0 atom stereocenters. The van der Waals surface area contributed by atoms with Crippen LogP contribution in [0.3, 0.4) is 0 Å². The first-order chi connectivity index (χ1) is 9.62. The van der Waals surface area contributed by atoms with Crippen LogP contribution in [-0.4, -0.2) is 12.1 Å². The minimum Gasteiger partial charge on any atom is -0.312 e. The molecule has 21 heavy (non-hydrogen) atoms. The van der Waals surface area contributed by atoms with Crippen molar-refractivity contribution < 1.29 is 0 Å². The summed E-state index contributed by atoms with van der Waals surface area (Å²) in [5, 5.41) is 3.86. The van der Waals surface area contributed by atoms with Gasteiger partial charge in [-0.1, -0.05) is 33.6 Å². The summed E-state index contributed by atoms with van der Waals surface area (Å²) in [5.41, 5.74) is 1.36. The maximum Gasteiger partial charge on any atom is 0.00967 e. The van der Waals surface area contributed by atoms with E-state index in [9.17, 15) is 0 Å². The van der Waals surface area contributed by atoms with Gasteiger partial charge in [-0.2, -0.15) is 0 Å². The minimum absolute atomic E-state index is 0.256. The number of nitrogens with one attached hydrogen (secondary N) is 1. The molecule has 1 heteroatoms. The molecule has 0 unspecified atom stereocenters. The van der Waals surface area contributed by atoms with E-state index in [2.05, 4.69) is 46.9 Å². The van der Waals surface area contributed by atoms with Gasteiger partial charge in [-0.05, 0) is 82.0 Å². The highest BCUT2D eigenvalue weighted by molar-refractivity contribution is 4.97. The van der Waals surface area contributed by atoms with Crippen molar-refractivity contribution in [3.63, 3.8) is 0 Å². The zero-order valence-electron chi connectivity index (χ0n) is 15.5. The molecule has 124 valence electrons. The van der Waals surface area contributed by atoms with Gasteiger partial charge in [0.15, 0.2) is 0 Å². The van der Waals surface area contributed by atoms with Gasteiger partial charge in [-0.15, -0.1) is 0 Å². The van der Waals surface area contributed by atoms with Gasteiger partial charge in [0.05, 0.1) is 0 Å². The fourth-order valence-electron chi connectivity index (χ4n) is 4.77. The van der Waals surface area contributed by atoms with Crippen molar-refractivity contribution in [1.29, 1.82) is 0 Å². The van der Waals surface area contributed by atoms with Crippen LogP contribution in [0.1, 0.15) is 92.9 Å². The Hall–Kier alpha value is -0.0400. The molecule has 1 nitrogen and oxygen atoms in total. The van der Waals surface area contributed by atoms with Gasteiger partial charge < -0.3 is 5.32 Å². The molecule has 2 fully saturated rings. The normalized spacial score (nSPS) is 32.6. The van der Waals surface area contributed by atoms with E-state index in [4.69, 9.17) is 0 Å². The van der Waals surface area contributed by atoms with E-state index in [1.165, 1.54) is 57.9 Å². The summed E-state index contributed by atoms with van der Waals surface area (Å²) in [4.78, 5) is 0. The third kappa shape index (κ3) is 4.47. The summed E-state index contributed by atoms with van der Waals surface area (Å²) < 4.78 is 0. The van der Waals surface area contributed by atoms with Crippen LogP contribution in [-0.2, 0) is 0 Å². The Morgan fingerprint density at radius 1 is 0.857 bits per heavy atom. The van der Waals surface area contributed by atoms with E-state index in [0.29, 0.717) is 10.8 Å². The number of hydrogen-bond acceptors (Lipinski definition) is 1. The maximum absolute atomic E-state index is 3.86. The van der Waals surface area contributed by atoms with Crippen LogP contribution < -0.4 is 5.32 Å². The molecule has 0 amide bonds. The molecule has 2 aliphatic rings. The average molecular weight is 294 g/mol. The van der Waals surface area contributed by atoms with Gasteiger partial charge in [0.25, 0.3) is 0 Å². The third-order valence-electron chi connectivity index (χ3n) is 6.40. The van der Waals surface area contributed by atoms with Crippen LogP contribution in [0.4, 0.5) is 0 Å². The first kappa shape index (κ1) is 17.3. The molecule has 0 aromatic heterocycles. The molecule has 0 spiro atoms. The van der Waals surface area contributed by atoms with Crippen molar-refractivity contribution in [1.82, 2.24) is 5.32 Å². The number of rotatable bonds is 3. The largest absolute Gasteiger partial charge is 0.312 e. The summed E-state index contributed by atoms with van der Waals surface area (Å²) in [6.07, 6.45) is 11.8. The Morgan fingerprint density at radius 2 is 1.38 bits per heavy atom. The SMILES string of the molecule is CC(C)(C)NCC1(C2CCCC2)CCC(C(C)(C)C)CC1. The van der Waals surface area contributed by atoms with Crippen LogP contribution in [0.5, 0.6) is 0 Å². The molecule has 2 saturated carbocycles. The minimum atomic E-state index is 0.256. The Bertz CT molecular complexity index is 317. The van der Waals surface area contributed by atoms with Crippen molar-refractivity contribution in [3.05, 3.63) is 0 Å². The summed E-state index contributed by atoms with van der Waals surface area (Å²) in [6.45, 7) is 15.5. The summed E-state index contributed by atoms with van der Waals surface area (Å²) in [5.74, 6) is 1.93. The van der Waals surface area contributed by atoms with Crippen molar-refractivity contribution in [2.24, 2.45) is 22.7 Å². The van der Waals surface area contributed by atoms with Gasteiger partial charge in [0.2, 0.25) is 0 Å². The average Bonchev–Trinajstić information content (AvgIpc) is 2.89. The fraction of sp³-hybridized carbons (Fsp3) is 1.00. The van der Waals surface area contributed by atoms with Gasteiger partial charge in [-0.25, -0.2) is 0 Å². The van der Waals surface area contributed by atoms with E-state index in [1.54, 1.807) is 0 Å². The quantitative estimate of drug-likeness (QED) is 0.694. The Morgan fingerprint density at radius 3 is 1.81 bits per heavy atom. The van der Waals surface area contributed by atoms with E-state index >= 15 is 0 Å². The van der Waals surface area contributed by atoms with Crippen molar-refractivity contribution >= 4 is 0 Å². The molecular formula is C20H39N. The van der Waals surface area contributed by atoms with Gasteiger partial charge in [-0.3, -0.25) is 0 Å². The molecule has 0 aromatic rings. The fourth-order valence-corrected chi connectivity index (χ4v) is 4.77. The smallest absolute Gasteiger partial charge is 0.00967 e. The van der Waals surface area contributed by atoms with E-state index in [1.807, 2.05) is 0 Å². The molecule has 0 saturated heterocycles. The highest BCUT2D eigenvalue weighted by Crippen LogP contribution is 2.52. The third-order valence-corrected chi connectivity index (χ3v) is 6.40. The lowest BCUT2D eigenvalue weighted by Gasteiger charge is -2.48. The van der Waals surface area contributed by atoms with Gasteiger partial charge in [0, 0.05) is 12.1 Å². The second-order valence-corrected chi connectivity index (χ2v) is 10.1. The van der Waals surface area contributed by atoms with Gasteiger partial charge >= 0.3 is 0 Å². The Balaban J connectivity index is 2.04. The van der Waals surface area contributed by atoms with Crippen LogP contribution >= 0.6 is 0 Å². The Kier molecular flexibility index (Phi) is 5.13. The zero-order valence-corrected chi connectivity index (χ0v) is 15.5. The lowest BCUT2D eigenvalue weighted by molar-refractivity contribution is 0.0357. The van der Waals surface area contributed by atoms with E-state index in [-0.39, 0.29) is 5.54 Å². The summed E-state index contributed by atoms with van der Waals surface area (Å²) in [7, 11) is 0. The first-order valence-corrected chi connectivity index (χ1v) is 9.37. The zero-order chi connectivity index (χ0) is 15.7. The van der Waals surface area contributed by atoms with Gasteiger partial charge in [0.1, 0.15) is 0 Å². The topological polar surface area (TPSA) is 12.0 Å². The highest BCUT2D eigenvalue weighted by Gasteiger charge is 2.44. The second-order valence-electron chi connectivity index (χ2n) is 10.1. The molecule has 0 radical (unpaired) electrons.